The number of furan rings is 1. The SMILES string of the molecule is Cc1cc(C(CC(=O)O)CC(=O)O)ccc1-c1ccco1. The summed E-state index contributed by atoms with van der Waals surface area (Å²) in [5.41, 5.74) is 2.55. The van der Waals surface area contributed by atoms with E-state index in [1.807, 2.05) is 25.1 Å². The number of carbonyl (C=O) groups is 2. The summed E-state index contributed by atoms with van der Waals surface area (Å²) in [6.07, 6.45) is 1.18. The van der Waals surface area contributed by atoms with E-state index in [-0.39, 0.29) is 12.8 Å². The van der Waals surface area contributed by atoms with Crippen molar-refractivity contribution < 1.29 is 24.2 Å². The van der Waals surface area contributed by atoms with Gasteiger partial charge < -0.3 is 14.6 Å². The van der Waals surface area contributed by atoms with Gasteiger partial charge in [0.25, 0.3) is 0 Å². The summed E-state index contributed by atoms with van der Waals surface area (Å²) in [6, 6.07) is 9.06. The smallest absolute Gasteiger partial charge is 0.303 e. The van der Waals surface area contributed by atoms with Crippen molar-refractivity contribution in [1.29, 1.82) is 0 Å². The van der Waals surface area contributed by atoms with Gasteiger partial charge in [-0.2, -0.15) is 0 Å². The van der Waals surface area contributed by atoms with Crippen LogP contribution < -0.4 is 0 Å². The van der Waals surface area contributed by atoms with Gasteiger partial charge in [-0.3, -0.25) is 9.59 Å². The molecule has 0 aliphatic carbocycles. The molecule has 0 saturated heterocycles. The second-order valence-electron chi connectivity index (χ2n) is 4.94. The van der Waals surface area contributed by atoms with Crippen LogP contribution in [0.4, 0.5) is 0 Å². The molecule has 5 heteroatoms. The van der Waals surface area contributed by atoms with Crippen molar-refractivity contribution in [2.45, 2.75) is 25.7 Å². The molecule has 0 amide bonds. The molecule has 0 aliphatic heterocycles. The lowest BCUT2D eigenvalue weighted by atomic mass is 9.90. The Bertz CT molecular complexity index is 627. The van der Waals surface area contributed by atoms with E-state index < -0.39 is 17.9 Å². The topological polar surface area (TPSA) is 87.7 Å². The second kappa shape index (κ2) is 6.26. The molecule has 21 heavy (non-hydrogen) atoms. The Hall–Kier alpha value is -2.56. The summed E-state index contributed by atoms with van der Waals surface area (Å²) in [5, 5.41) is 17.8. The summed E-state index contributed by atoms with van der Waals surface area (Å²) < 4.78 is 5.34. The van der Waals surface area contributed by atoms with Gasteiger partial charge in [-0.25, -0.2) is 0 Å². The van der Waals surface area contributed by atoms with Gasteiger partial charge in [0, 0.05) is 11.5 Å². The Morgan fingerprint density at radius 1 is 1.14 bits per heavy atom. The van der Waals surface area contributed by atoms with Gasteiger partial charge in [0.1, 0.15) is 5.76 Å². The first kappa shape index (κ1) is 14.8. The van der Waals surface area contributed by atoms with Crippen molar-refractivity contribution in [2.24, 2.45) is 0 Å². The highest BCUT2D eigenvalue weighted by atomic mass is 16.4. The maximum atomic E-state index is 10.9. The minimum atomic E-state index is -1.01. The van der Waals surface area contributed by atoms with Gasteiger partial charge in [-0.05, 0) is 30.2 Å². The van der Waals surface area contributed by atoms with Gasteiger partial charge >= 0.3 is 11.9 Å². The molecule has 2 rings (SSSR count). The van der Waals surface area contributed by atoms with Crippen molar-refractivity contribution in [3.63, 3.8) is 0 Å². The third-order valence-corrected chi connectivity index (χ3v) is 3.35. The first-order valence-corrected chi connectivity index (χ1v) is 6.55. The fraction of sp³-hybridized carbons (Fsp3) is 0.250. The first-order chi connectivity index (χ1) is 9.97. The highest BCUT2D eigenvalue weighted by Crippen LogP contribution is 2.30. The number of hydrogen-bond donors (Lipinski definition) is 2. The van der Waals surface area contributed by atoms with Crippen molar-refractivity contribution in [3.8, 4) is 11.3 Å². The average Bonchev–Trinajstić information content (AvgIpc) is 2.90. The Morgan fingerprint density at radius 3 is 2.29 bits per heavy atom. The van der Waals surface area contributed by atoms with Crippen LogP contribution in [-0.4, -0.2) is 22.2 Å². The van der Waals surface area contributed by atoms with Gasteiger partial charge in [-0.15, -0.1) is 0 Å². The number of aryl methyl sites for hydroxylation is 1. The van der Waals surface area contributed by atoms with Crippen LogP contribution in [0.1, 0.15) is 29.9 Å². The summed E-state index contributed by atoms with van der Waals surface area (Å²) in [4.78, 5) is 21.8. The van der Waals surface area contributed by atoms with E-state index in [2.05, 4.69) is 0 Å². The number of carboxylic acid groups (broad SMARTS) is 2. The van der Waals surface area contributed by atoms with Crippen LogP contribution in [0.2, 0.25) is 0 Å². The molecule has 110 valence electrons. The van der Waals surface area contributed by atoms with E-state index >= 15 is 0 Å². The Kier molecular flexibility index (Phi) is 4.42. The first-order valence-electron chi connectivity index (χ1n) is 6.55. The maximum absolute atomic E-state index is 10.9. The molecule has 0 bridgehead atoms. The van der Waals surface area contributed by atoms with Crippen LogP contribution in [0.25, 0.3) is 11.3 Å². The van der Waals surface area contributed by atoms with Gasteiger partial charge in [0.15, 0.2) is 0 Å². The van der Waals surface area contributed by atoms with E-state index in [1.54, 1.807) is 18.4 Å². The molecule has 2 aromatic rings. The normalized spacial score (nSPS) is 10.8. The van der Waals surface area contributed by atoms with E-state index in [0.717, 1.165) is 16.9 Å². The van der Waals surface area contributed by atoms with Crippen molar-refractivity contribution in [2.75, 3.05) is 0 Å². The summed E-state index contributed by atoms with van der Waals surface area (Å²) >= 11 is 0. The molecule has 0 fully saturated rings. The zero-order chi connectivity index (χ0) is 15.4. The van der Waals surface area contributed by atoms with Gasteiger partial charge in [0.2, 0.25) is 0 Å². The van der Waals surface area contributed by atoms with Crippen molar-refractivity contribution in [1.82, 2.24) is 0 Å². The van der Waals surface area contributed by atoms with Crippen molar-refractivity contribution >= 4 is 11.9 Å². The Morgan fingerprint density at radius 2 is 1.81 bits per heavy atom. The average molecular weight is 288 g/mol. The molecule has 0 saturated carbocycles. The lowest BCUT2D eigenvalue weighted by molar-refractivity contribution is -0.139. The predicted molar refractivity (Wildman–Crippen MR) is 76.1 cm³/mol. The molecule has 0 atom stereocenters. The van der Waals surface area contributed by atoms with E-state index in [9.17, 15) is 9.59 Å². The van der Waals surface area contributed by atoms with E-state index in [1.165, 1.54) is 0 Å². The van der Waals surface area contributed by atoms with Crippen molar-refractivity contribution in [3.05, 3.63) is 47.7 Å². The maximum Gasteiger partial charge on any atom is 0.303 e. The molecular weight excluding hydrogens is 272 g/mol. The molecule has 1 aromatic carbocycles. The number of hydrogen-bond acceptors (Lipinski definition) is 3. The monoisotopic (exact) mass is 288 g/mol. The largest absolute Gasteiger partial charge is 0.481 e. The molecule has 0 aliphatic rings. The third kappa shape index (κ3) is 3.72. The molecule has 0 unspecified atom stereocenters. The van der Waals surface area contributed by atoms with Crippen LogP contribution in [0, 0.1) is 6.92 Å². The molecular formula is C16H16O5. The fourth-order valence-electron chi connectivity index (χ4n) is 2.38. The summed E-state index contributed by atoms with van der Waals surface area (Å²) in [7, 11) is 0. The minimum absolute atomic E-state index is 0.203. The van der Waals surface area contributed by atoms with Crippen LogP contribution >= 0.6 is 0 Å². The third-order valence-electron chi connectivity index (χ3n) is 3.35. The molecule has 1 heterocycles. The van der Waals surface area contributed by atoms with Gasteiger partial charge in [0.05, 0.1) is 19.1 Å². The highest BCUT2D eigenvalue weighted by molar-refractivity contribution is 5.73. The summed E-state index contributed by atoms with van der Waals surface area (Å²) in [5.74, 6) is -1.82. The van der Waals surface area contributed by atoms with Gasteiger partial charge in [-0.1, -0.05) is 18.2 Å². The zero-order valence-electron chi connectivity index (χ0n) is 11.6. The lowest BCUT2D eigenvalue weighted by Gasteiger charge is -2.15. The van der Waals surface area contributed by atoms with E-state index in [0.29, 0.717) is 5.56 Å². The van der Waals surface area contributed by atoms with Crippen LogP contribution in [-0.2, 0) is 9.59 Å². The van der Waals surface area contributed by atoms with Crippen LogP contribution in [0.5, 0.6) is 0 Å². The van der Waals surface area contributed by atoms with Crippen LogP contribution in [0.3, 0.4) is 0 Å². The fourth-order valence-corrected chi connectivity index (χ4v) is 2.38. The Balaban J connectivity index is 2.31. The molecule has 1 aromatic heterocycles. The number of aliphatic carboxylic acids is 2. The summed E-state index contributed by atoms with van der Waals surface area (Å²) in [6.45, 7) is 1.89. The molecule has 0 radical (unpaired) electrons. The van der Waals surface area contributed by atoms with E-state index in [4.69, 9.17) is 14.6 Å². The second-order valence-corrected chi connectivity index (χ2v) is 4.94. The number of rotatable bonds is 6. The predicted octanol–water partition coefficient (Wildman–Crippen LogP) is 3.29. The number of benzene rings is 1. The minimum Gasteiger partial charge on any atom is -0.481 e. The highest BCUT2D eigenvalue weighted by Gasteiger charge is 2.20. The molecule has 2 N–H and O–H groups in total. The zero-order valence-corrected chi connectivity index (χ0v) is 11.6. The molecule has 5 nitrogen and oxygen atoms in total. The molecule has 0 spiro atoms. The number of carboxylic acids is 2. The lowest BCUT2D eigenvalue weighted by Crippen LogP contribution is -2.11. The Labute approximate surface area is 121 Å². The quantitative estimate of drug-likeness (QED) is 0.851. The standard InChI is InChI=1S/C16H16O5/c1-10-7-11(12(8-15(17)18)9-16(19)20)4-5-13(10)14-3-2-6-21-14/h2-7,12H,8-9H2,1H3,(H,17,18)(H,19,20). The van der Waals surface area contributed by atoms with Crippen LogP contribution in [0.15, 0.2) is 41.0 Å².